The Labute approximate surface area is 114 Å². The van der Waals surface area contributed by atoms with Crippen LogP contribution in [0.4, 0.5) is 0 Å². The molecule has 0 bridgehead atoms. The second kappa shape index (κ2) is 6.68. The molecule has 2 atom stereocenters. The highest BCUT2D eigenvalue weighted by Crippen LogP contribution is 2.12. The first-order chi connectivity index (χ1) is 9.15. The molecule has 0 amide bonds. The molecule has 1 unspecified atom stereocenters. The third-order valence-corrected chi connectivity index (χ3v) is 3.41. The number of nitrogens with zero attached hydrogens (tertiary/aromatic N) is 1. The lowest BCUT2D eigenvalue weighted by Gasteiger charge is -2.19. The Morgan fingerprint density at radius 2 is 2.21 bits per heavy atom. The number of aliphatic hydroxyl groups excluding tert-OH is 1. The largest absolute Gasteiger partial charge is 0.461 e. The van der Waals surface area contributed by atoms with Gasteiger partial charge in [0.2, 0.25) is 0 Å². The molecule has 0 saturated carbocycles. The van der Waals surface area contributed by atoms with Crippen molar-refractivity contribution in [2.75, 3.05) is 19.6 Å². The molecule has 1 heterocycles. The molecule has 1 fully saturated rings. The summed E-state index contributed by atoms with van der Waals surface area (Å²) in [6.45, 7) is 4.38. The van der Waals surface area contributed by atoms with Crippen LogP contribution in [0.2, 0.25) is 0 Å². The Balaban J connectivity index is 1.73. The maximum absolute atomic E-state index is 11.9. The summed E-state index contributed by atoms with van der Waals surface area (Å²) >= 11 is 0. The van der Waals surface area contributed by atoms with Gasteiger partial charge in [0.15, 0.2) is 0 Å². The zero-order chi connectivity index (χ0) is 13.7. The number of ether oxygens (including phenoxy) is 1. The number of β-amino-alcohol motifs (C(OH)–C–C–N with tert-alkyl or cyclic N) is 1. The minimum atomic E-state index is -0.243. The van der Waals surface area contributed by atoms with Crippen LogP contribution in [0.1, 0.15) is 18.9 Å². The van der Waals surface area contributed by atoms with Crippen LogP contribution < -0.4 is 0 Å². The summed E-state index contributed by atoms with van der Waals surface area (Å²) in [5.74, 6) is -0.334. The summed E-state index contributed by atoms with van der Waals surface area (Å²) in [5, 5.41) is 9.45. The number of likely N-dealkylation sites (tertiary alicyclic amines) is 1. The van der Waals surface area contributed by atoms with Gasteiger partial charge in [-0.1, -0.05) is 37.3 Å². The van der Waals surface area contributed by atoms with Gasteiger partial charge in [0, 0.05) is 19.6 Å². The lowest BCUT2D eigenvalue weighted by atomic mass is 10.1. The predicted molar refractivity (Wildman–Crippen MR) is 72.5 cm³/mol. The van der Waals surface area contributed by atoms with Crippen LogP contribution in [0.25, 0.3) is 0 Å². The Kier molecular flexibility index (Phi) is 4.93. The second-order valence-electron chi connectivity index (χ2n) is 5.20. The molecule has 4 nitrogen and oxygen atoms in total. The Hall–Kier alpha value is -1.39. The third kappa shape index (κ3) is 4.33. The minimum Gasteiger partial charge on any atom is -0.461 e. The molecule has 0 aliphatic carbocycles. The Morgan fingerprint density at radius 3 is 2.84 bits per heavy atom. The zero-order valence-electron chi connectivity index (χ0n) is 11.3. The first-order valence-corrected chi connectivity index (χ1v) is 6.76. The summed E-state index contributed by atoms with van der Waals surface area (Å²) in [6.07, 6.45) is 0.554. The van der Waals surface area contributed by atoms with E-state index in [1.165, 1.54) is 0 Å². The summed E-state index contributed by atoms with van der Waals surface area (Å²) in [6, 6.07) is 9.67. The highest BCUT2D eigenvalue weighted by atomic mass is 16.5. The highest BCUT2D eigenvalue weighted by Gasteiger charge is 2.24. The molecule has 2 rings (SSSR count). The number of hydrogen-bond acceptors (Lipinski definition) is 4. The predicted octanol–water partition coefficient (Wildman–Crippen LogP) is 1.43. The van der Waals surface area contributed by atoms with Crippen molar-refractivity contribution in [1.29, 1.82) is 0 Å². The number of rotatable bonds is 5. The molecule has 1 aromatic carbocycles. The highest BCUT2D eigenvalue weighted by molar-refractivity contribution is 5.72. The standard InChI is InChI=1S/C15H21NO3/c1-12(9-16-8-7-14(17)10-16)15(18)19-11-13-5-3-2-4-6-13/h2-6,12,14,17H,7-11H2,1H3/t12?,14-/m1/s1. The van der Waals surface area contributed by atoms with E-state index in [9.17, 15) is 9.90 Å². The van der Waals surface area contributed by atoms with Crippen molar-refractivity contribution in [3.63, 3.8) is 0 Å². The molecule has 0 radical (unpaired) electrons. The van der Waals surface area contributed by atoms with Crippen molar-refractivity contribution in [2.45, 2.75) is 26.1 Å². The number of carbonyl (C=O) groups is 1. The van der Waals surface area contributed by atoms with Crippen LogP contribution in [0.15, 0.2) is 30.3 Å². The smallest absolute Gasteiger partial charge is 0.310 e. The molecule has 0 spiro atoms. The van der Waals surface area contributed by atoms with Gasteiger partial charge in [0.25, 0.3) is 0 Å². The molecule has 1 aliphatic rings. The zero-order valence-corrected chi connectivity index (χ0v) is 11.3. The Bertz CT molecular complexity index is 407. The number of aliphatic hydroxyl groups is 1. The van der Waals surface area contributed by atoms with E-state index < -0.39 is 0 Å². The van der Waals surface area contributed by atoms with Crippen molar-refractivity contribution >= 4 is 5.97 Å². The fourth-order valence-electron chi connectivity index (χ4n) is 2.31. The van der Waals surface area contributed by atoms with Gasteiger partial charge in [-0.05, 0) is 12.0 Å². The molecule has 1 aromatic rings. The normalized spacial score (nSPS) is 21.3. The van der Waals surface area contributed by atoms with Gasteiger partial charge in [-0.2, -0.15) is 0 Å². The molecular formula is C15H21NO3. The van der Waals surface area contributed by atoms with Gasteiger partial charge in [-0.25, -0.2) is 0 Å². The maximum Gasteiger partial charge on any atom is 0.310 e. The number of hydrogen-bond donors (Lipinski definition) is 1. The SMILES string of the molecule is CC(CN1CC[C@@H](O)C1)C(=O)OCc1ccccc1. The lowest BCUT2D eigenvalue weighted by molar-refractivity contribution is -0.149. The van der Waals surface area contributed by atoms with Gasteiger partial charge in [-0.15, -0.1) is 0 Å². The fourth-order valence-corrected chi connectivity index (χ4v) is 2.31. The summed E-state index contributed by atoms with van der Waals surface area (Å²) < 4.78 is 5.30. The van der Waals surface area contributed by atoms with E-state index in [0.29, 0.717) is 19.7 Å². The molecule has 1 aliphatic heterocycles. The number of benzene rings is 1. The Morgan fingerprint density at radius 1 is 1.47 bits per heavy atom. The average Bonchev–Trinajstić information content (AvgIpc) is 2.82. The topological polar surface area (TPSA) is 49.8 Å². The van der Waals surface area contributed by atoms with Gasteiger partial charge >= 0.3 is 5.97 Å². The molecule has 19 heavy (non-hydrogen) atoms. The van der Waals surface area contributed by atoms with Crippen molar-refractivity contribution in [2.24, 2.45) is 5.92 Å². The minimum absolute atomic E-state index is 0.158. The van der Waals surface area contributed by atoms with E-state index in [4.69, 9.17) is 4.74 Å². The summed E-state index contributed by atoms with van der Waals surface area (Å²) in [7, 11) is 0. The monoisotopic (exact) mass is 263 g/mol. The van der Waals surface area contributed by atoms with E-state index in [1.54, 1.807) is 0 Å². The van der Waals surface area contributed by atoms with E-state index >= 15 is 0 Å². The maximum atomic E-state index is 11.9. The van der Waals surface area contributed by atoms with E-state index in [1.807, 2.05) is 37.3 Å². The van der Waals surface area contributed by atoms with Gasteiger partial charge < -0.3 is 9.84 Å². The molecule has 4 heteroatoms. The van der Waals surface area contributed by atoms with Crippen LogP contribution in [-0.4, -0.2) is 41.7 Å². The molecule has 0 aromatic heterocycles. The third-order valence-electron chi connectivity index (χ3n) is 3.41. The summed E-state index contributed by atoms with van der Waals surface area (Å²) in [4.78, 5) is 14.0. The van der Waals surface area contributed by atoms with Crippen LogP contribution >= 0.6 is 0 Å². The van der Waals surface area contributed by atoms with Crippen LogP contribution in [0, 0.1) is 5.92 Å². The first-order valence-electron chi connectivity index (χ1n) is 6.76. The van der Waals surface area contributed by atoms with E-state index in [0.717, 1.165) is 18.5 Å². The molecule has 1 saturated heterocycles. The van der Waals surface area contributed by atoms with Crippen molar-refractivity contribution < 1.29 is 14.6 Å². The van der Waals surface area contributed by atoms with Crippen molar-refractivity contribution in [3.8, 4) is 0 Å². The van der Waals surface area contributed by atoms with Crippen molar-refractivity contribution in [3.05, 3.63) is 35.9 Å². The lowest BCUT2D eigenvalue weighted by Crippen LogP contribution is -2.31. The van der Waals surface area contributed by atoms with Crippen LogP contribution in [-0.2, 0) is 16.1 Å². The van der Waals surface area contributed by atoms with Crippen LogP contribution in [0.5, 0.6) is 0 Å². The van der Waals surface area contributed by atoms with Crippen LogP contribution in [0.3, 0.4) is 0 Å². The van der Waals surface area contributed by atoms with E-state index in [2.05, 4.69) is 4.90 Å². The van der Waals surface area contributed by atoms with Gasteiger partial charge in [-0.3, -0.25) is 9.69 Å². The van der Waals surface area contributed by atoms with E-state index in [-0.39, 0.29) is 18.0 Å². The molecule has 1 N–H and O–H groups in total. The number of carbonyl (C=O) groups excluding carboxylic acids is 1. The number of esters is 1. The summed E-state index contributed by atoms with van der Waals surface area (Å²) in [5.41, 5.74) is 1.000. The van der Waals surface area contributed by atoms with Crippen molar-refractivity contribution in [1.82, 2.24) is 4.90 Å². The quantitative estimate of drug-likeness (QED) is 0.817. The second-order valence-corrected chi connectivity index (χ2v) is 5.20. The van der Waals surface area contributed by atoms with Gasteiger partial charge in [0.05, 0.1) is 12.0 Å². The molecule has 104 valence electrons. The molecular weight excluding hydrogens is 242 g/mol. The van der Waals surface area contributed by atoms with Gasteiger partial charge in [0.1, 0.15) is 6.61 Å². The first kappa shape index (κ1) is 14.0. The fraction of sp³-hybridized carbons (Fsp3) is 0.533. The average molecular weight is 263 g/mol.